The third kappa shape index (κ3) is 2.33. The Kier molecular flexibility index (Phi) is 3.18. The highest BCUT2D eigenvalue weighted by molar-refractivity contribution is 7.89. The van der Waals surface area contributed by atoms with Crippen molar-refractivity contribution in [2.45, 2.75) is 11.4 Å². The highest BCUT2D eigenvalue weighted by atomic mass is 32.2. The molecule has 0 aliphatic carbocycles. The molecule has 2 aromatic heterocycles. The number of sulfonamides is 1. The average Bonchev–Trinajstić information content (AvgIpc) is 2.89. The second-order valence-electron chi connectivity index (χ2n) is 3.54. The van der Waals surface area contributed by atoms with Gasteiger partial charge in [-0.2, -0.15) is 20.7 Å². The van der Waals surface area contributed by atoms with E-state index in [1.807, 2.05) is 16.8 Å². The summed E-state index contributed by atoms with van der Waals surface area (Å²) in [5.74, 6) is 0.0576. The number of nitrogens with one attached hydrogen (secondary N) is 1. The van der Waals surface area contributed by atoms with Gasteiger partial charge in [0, 0.05) is 13.6 Å². The highest BCUT2D eigenvalue weighted by Crippen LogP contribution is 2.20. The van der Waals surface area contributed by atoms with E-state index in [-0.39, 0.29) is 10.7 Å². The Bertz CT molecular complexity index is 588. The Morgan fingerprint density at radius 3 is 2.88 bits per heavy atom. The molecule has 3 N–H and O–H groups in total. The Hall–Kier alpha value is -1.38. The first-order valence-corrected chi connectivity index (χ1v) is 7.16. The minimum atomic E-state index is -3.58. The van der Waals surface area contributed by atoms with Crippen LogP contribution in [0.1, 0.15) is 5.56 Å². The van der Waals surface area contributed by atoms with Crippen LogP contribution in [0.2, 0.25) is 0 Å². The summed E-state index contributed by atoms with van der Waals surface area (Å²) in [7, 11) is -2.07. The quantitative estimate of drug-likeness (QED) is 0.864. The molecule has 6 nitrogen and oxygen atoms in total. The van der Waals surface area contributed by atoms with Crippen LogP contribution < -0.4 is 5.73 Å². The fourth-order valence-electron chi connectivity index (χ4n) is 1.38. The molecular formula is C9H12N4O2S2. The van der Waals surface area contributed by atoms with Gasteiger partial charge >= 0.3 is 0 Å². The Morgan fingerprint density at radius 2 is 2.35 bits per heavy atom. The van der Waals surface area contributed by atoms with E-state index < -0.39 is 10.0 Å². The molecule has 0 aromatic carbocycles. The van der Waals surface area contributed by atoms with Gasteiger partial charge in [-0.15, -0.1) is 0 Å². The van der Waals surface area contributed by atoms with Crippen molar-refractivity contribution >= 4 is 27.2 Å². The van der Waals surface area contributed by atoms with Crippen molar-refractivity contribution in [3.05, 3.63) is 28.6 Å². The Morgan fingerprint density at radius 1 is 1.59 bits per heavy atom. The van der Waals surface area contributed by atoms with Crippen molar-refractivity contribution in [2.75, 3.05) is 12.8 Å². The largest absolute Gasteiger partial charge is 0.383 e. The lowest BCUT2D eigenvalue weighted by molar-refractivity contribution is 0.467. The molecule has 0 spiro atoms. The van der Waals surface area contributed by atoms with Gasteiger partial charge < -0.3 is 5.73 Å². The van der Waals surface area contributed by atoms with Gasteiger partial charge in [-0.25, -0.2) is 8.42 Å². The zero-order valence-electron chi connectivity index (χ0n) is 9.12. The van der Waals surface area contributed by atoms with Gasteiger partial charge in [0.1, 0.15) is 10.7 Å². The smallest absolute Gasteiger partial charge is 0.248 e. The number of nitrogens with zero attached hydrogens (tertiary/aromatic N) is 2. The molecule has 0 saturated heterocycles. The molecule has 8 heteroatoms. The number of aromatic nitrogens is 2. The normalized spacial score (nSPS) is 12.1. The monoisotopic (exact) mass is 272 g/mol. The molecular weight excluding hydrogens is 260 g/mol. The number of hydrogen-bond donors (Lipinski definition) is 2. The van der Waals surface area contributed by atoms with E-state index in [0.29, 0.717) is 6.54 Å². The van der Waals surface area contributed by atoms with E-state index in [2.05, 4.69) is 10.2 Å². The van der Waals surface area contributed by atoms with Crippen LogP contribution in [0.15, 0.2) is 27.9 Å². The van der Waals surface area contributed by atoms with E-state index in [0.717, 1.165) is 5.56 Å². The maximum atomic E-state index is 12.1. The molecule has 0 bridgehead atoms. The Balaban J connectivity index is 2.25. The zero-order valence-corrected chi connectivity index (χ0v) is 10.8. The molecule has 0 atom stereocenters. The molecule has 0 amide bonds. The number of nitrogens with two attached hydrogens (primary N) is 1. The molecule has 0 saturated carbocycles. The molecule has 0 aliphatic rings. The van der Waals surface area contributed by atoms with Gasteiger partial charge in [0.15, 0.2) is 0 Å². The van der Waals surface area contributed by atoms with Gasteiger partial charge in [-0.3, -0.25) is 5.10 Å². The number of rotatable bonds is 4. The Labute approximate surface area is 103 Å². The SMILES string of the molecule is CN(Cc1ccsc1)S(=O)(=O)c1cn[nH]c1N. The summed E-state index contributed by atoms with van der Waals surface area (Å²) in [4.78, 5) is 0.00947. The first-order chi connectivity index (χ1) is 8.01. The second-order valence-corrected chi connectivity index (χ2v) is 6.33. The molecule has 0 unspecified atom stereocenters. The van der Waals surface area contributed by atoms with Crippen LogP contribution in [-0.4, -0.2) is 30.0 Å². The number of H-pyrrole nitrogens is 1. The molecule has 0 radical (unpaired) electrons. The zero-order chi connectivity index (χ0) is 12.5. The maximum absolute atomic E-state index is 12.1. The summed E-state index contributed by atoms with van der Waals surface area (Å²) in [5, 5.41) is 9.84. The van der Waals surface area contributed by atoms with E-state index >= 15 is 0 Å². The van der Waals surface area contributed by atoms with Gasteiger partial charge in [0.2, 0.25) is 10.0 Å². The molecule has 2 rings (SSSR count). The van der Waals surface area contributed by atoms with E-state index in [1.165, 1.54) is 28.9 Å². The van der Waals surface area contributed by atoms with Crippen molar-refractivity contribution in [2.24, 2.45) is 0 Å². The van der Waals surface area contributed by atoms with Crippen LogP contribution in [0, 0.1) is 0 Å². The summed E-state index contributed by atoms with van der Waals surface area (Å²) in [6, 6.07) is 1.88. The summed E-state index contributed by atoms with van der Waals surface area (Å²) in [6.45, 7) is 0.316. The highest BCUT2D eigenvalue weighted by Gasteiger charge is 2.24. The molecule has 0 fully saturated rings. The summed E-state index contributed by atoms with van der Waals surface area (Å²) in [6.07, 6.45) is 1.22. The molecule has 2 aromatic rings. The average molecular weight is 272 g/mol. The van der Waals surface area contributed by atoms with Crippen LogP contribution in [0.25, 0.3) is 0 Å². The third-order valence-electron chi connectivity index (χ3n) is 2.31. The lowest BCUT2D eigenvalue weighted by atomic mass is 10.3. The summed E-state index contributed by atoms with van der Waals surface area (Å²) < 4.78 is 25.5. The lowest BCUT2D eigenvalue weighted by Gasteiger charge is -2.15. The first-order valence-electron chi connectivity index (χ1n) is 4.78. The third-order valence-corrected chi connectivity index (χ3v) is 4.87. The van der Waals surface area contributed by atoms with Crippen LogP contribution in [-0.2, 0) is 16.6 Å². The van der Waals surface area contributed by atoms with Crippen molar-refractivity contribution in [3.8, 4) is 0 Å². The van der Waals surface area contributed by atoms with Crippen LogP contribution >= 0.6 is 11.3 Å². The van der Waals surface area contributed by atoms with E-state index in [4.69, 9.17) is 5.73 Å². The van der Waals surface area contributed by atoms with E-state index in [1.54, 1.807) is 0 Å². The second kappa shape index (κ2) is 4.47. The standard InChI is InChI=1S/C9H12N4O2S2/c1-13(5-7-2-3-16-6-7)17(14,15)8-4-11-12-9(8)10/h2-4,6H,5H2,1H3,(H3,10,11,12). The number of anilines is 1. The van der Waals surface area contributed by atoms with E-state index in [9.17, 15) is 8.42 Å². The van der Waals surface area contributed by atoms with Gasteiger partial charge in [0.25, 0.3) is 0 Å². The van der Waals surface area contributed by atoms with Crippen LogP contribution in [0.4, 0.5) is 5.82 Å². The number of hydrogen-bond acceptors (Lipinski definition) is 5. The van der Waals surface area contributed by atoms with Crippen LogP contribution in [0.5, 0.6) is 0 Å². The van der Waals surface area contributed by atoms with Crippen molar-refractivity contribution < 1.29 is 8.42 Å². The predicted molar refractivity (Wildman–Crippen MR) is 66.0 cm³/mol. The molecule has 2 heterocycles. The van der Waals surface area contributed by atoms with Crippen molar-refractivity contribution in [3.63, 3.8) is 0 Å². The maximum Gasteiger partial charge on any atom is 0.248 e. The summed E-state index contributed by atoms with van der Waals surface area (Å²) in [5.41, 5.74) is 6.46. The fourth-order valence-corrected chi connectivity index (χ4v) is 3.21. The number of nitrogen functional groups attached to an aromatic ring is 1. The van der Waals surface area contributed by atoms with Gasteiger partial charge in [0.05, 0.1) is 6.20 Å². The van der Waals surface area contributed by atoms with Crippen LogP contribution in [0.3, 0.4) is 0 Å². The van der Waals surface area contributed by atoms with Crippen molar-refractivity contribution in [1.82, 2.24) is 14.5 Å². The predicted octanol–water partition coefficient (Wildman–Crippen LogP) is 0.874. The topological polar surface area (TPSA) is 92.1 Å². The van der Waals surface area contributed by atoms with Crippen molar-refractivity contribution in [1.29, 1.82) is 0 Å². The number of thiophene rings is 1. The molecule has 17 heavy (non-hydrogen) atoms. The minimum Gasteiger partial charge on any atom is -0.383 e. The summed E-state index contributed by atoms with van der Waals surface area (Å²) >= 11 is 1.53. The fraction of sp³-hybridized carbons (Fsp3) is 0.222. The van der Waals surface area contributed by atoms with Gasteiger partial charge in [-0.1, -0.05) is 0 Å². The minimum absolute atomic E-state index is 0.00947. The number of aromatic amines is 1. The molecule has 0 aliphatic heterocycles. The molecule has 92 valence electrons. The lowest BCUT2D eigenvalue weighted by Crippen LogP contribution is -2.26. The first kappa shape index (κ1) is 12.1. The van der Waals surface area contributed by atoms with Gasteiger partial charge in [-0.05, 0) is 22.4 Å².